The van der Waals surface area contributed by atoms with Gasteiger partial charge in [-0.25, -0.2) is 18.7 Å². The molecule has 1 aromatic carbocycles. The lowest BCUT2D eigenvalue weighted by molar-refractivity contribution is -0.109. The predicted molar refractivity (Wildman–Crippen MR) is 107 cm³/mol. The molecule has 1 fully saturated rings. The number of halogens is 2. The van der Waals surface area contributed by atoms with Crippen LogP contribution in [0.4, 0.5) is 14.7 Å². The molecule has 2 heterocycles. The number of ether oxygens (including phenoxy) is 1. The molecular formula is C21H23F2N5O. The summed E-state index contributed by atoms with van der Waals surface area (Å²) in [5.41, 5.74) is 1.47. The SMILES string of the molecule is C=CCC(C)Nc1nccc(-c2ccc(OC3CCNCC3(F)F)c(C#N)c2)n1. The molecule has 2 unspecified atom stereocenters. The second-order valence-corrected chi connectivity index (χ2v) is 6.99. The van der Waals surface area contributed by atoms with Gasteiger partial charge in [0.2, 0.25) is 5.95 Å². The largest absolute Gasteiger partial charge is 0.483 e. The molecule has 0 spiro atoms. The maximum absolute atomic E-state index is 14.0. The van der Waals surface area contributed by atoms with Gasteiger partial charge in [0.05, 0.1) is 17.8 Å². The van der Waals surface area contributed by atoms with Gasteiger partial charge >= 0.3 is 0 Å². The molecule has 2 aromatic rings. The summed E-state index contributed by atoms with van der Waals surface area (Å²) in [6.45, 7) is 5.72. The smallest absolute Gasteiger partial charge is 0.296 e. The fourth-order valence-electron chi connectivity index (χ4n) is 3.11. The number of anilines is 1. The molecule has 1 aromatic heterocycles. The van der Waals surface area contributed by atoms with Gasteiger partial charge in [0, 0.05) is 24.2 Å². The Labute approximate surface area is 168 Å². The Hall–Kier alpha value is -3.05. The zero-order valence-corrected chi connectivity index (χ0v) is 16.2. The van der Waals surface area contributed by atoms with Crippen LogP contribution in [0.2, 0.25) is 0 Å². The second-order valence-electron chi connectivity index (χ2n) is 6.99. The highest BCUT2D eigenvalue weighted by Gasteiger charge is 2.43. The monoisotopic (exact) mass is 399 g/mol. The van der Waals surface area contributed by atoms with Gasteiger partial charge in [0.25, 0.3) is 5.92 Å². The van der Waals surface area contributed by atoms with Gasteiger partial charge in [-0.1, -0.05) is 6.08 Å². The average molecular weight is 399 g/mol. The van der Waals surface area contributed by atoms with Crippen LogP contribution in [0.1, 0.15) is 25.3 Å². The number of rotatable bonds is 7. The van der Waals surface area contributed by atoms with Crippen LogP contribution in [0.5, 0.6) is 5.75 Å². The highest BCUT2D eigenvalue weighted by atomic mass is 19.3. The van der Waals surface area contributed by atoms with Crippen molar-refractivity contribution in [2.45, 2.75) is 37.8 Å². The highest BCUT2D eigenvalue weighted by molar-refractivity contribution is 5.64. The highest BCUT2D eigenvalue weighted by Crippen LogP contribution is 2.31. The second kappa shape index (κ2) is 8.97. The third-order valence-electron chi connectivity index (χ3n) is 4.63. The maximum atomic E-state index is 14.0. The molecule has 3 rings (SSSR count). The van der Waals surface area contributed by atoms with E-state index in [0.29, 0.717) is 23.8 Å². The summed E-state index contributed by atoms with van der Waals surface area (Å²) in [6, 6.07) is 8.72. The third kappa shape index (κ3) is 5.06. The van der Waals surface area contributed by atoms with Crippen molar-refractivity contribution in [2.24, 2.45) is 0 Å². The van der Waals surface area contributed by atoms with Gasteiger partial charge in [-0.15, -0.1) is 6.58 Å². The first-order valence-corrected chi connectivity index (χ1v) is 9.43. The van der Waals surface area contributed by atoms with E-state index in [1.807, 2.05) is 19.1 Å². The molecule has 1 aliphatic heterocycles. The first-order valence-electron chi connectivity index (χ1n) is 9.43. The Morgan fingerprint density at radius 3 is 3.03 bits per heavy atom. The molecule has 6 nitrogen and oxygen atoms in total. The van der Waals surface area contributed by atoms with Crippen molar-refractivity contribution in [1.29, 1.82) is 5.26 Å². The van der Waals surface area contributed by atoms with E-state index >= 15 is 0 Å². The normalized spacial score (nSPS) is 19.0. The number of aromatic nitrogens is 2. The molecule has 0 aliphatic carbocycles. The van der Waals surface area contributed by atoms with E-state index in [-0.39, 0.29) is 23.8 Å². The Balaban J connectivity index is 1.82. The fourth-order valence-corrected chi connectivity index (χ4v) is 3.11. The number of nitrogens with zero attached hydrogens (tertiary/aromatic N) is 3. The summed E-state index contributed by atoms with van der Waals surface area (Å²) in [5.74, 6) is -2.38. The molecule has 0 saturated carbocycles. The van der Waals surface area contributed by atoms with Crippen molar-refractivity contribution < 1.29 is 13.5 Å². The van der Waals surface area contributed by atoms with Gasteiger partial charge in [0.15, 0.2) is 6.10 Å². The van der Waals surface area contributed by atoms with Crippen molar-refractivity contribution in [1.82, 2.24) is 15.3 Å². The number of hydrogen-bond donors (Lipinski definition) is 2. The van der Waals surface area contributed by atoms with Crippen molar-refractivity contribution in [3.05, 3.63) is 48.7 Å². The number of benzene rings is 1. The number of nitrogens with one attached hydrogen (secondary N) is 2. The van der Waals surface area contributed by atoms with Crippen LogP contribution in [0.15, 0.2) is 43.1 Å². The minimum absolute atomic E-state index is 0.125. The Morgan fingerprint density at radius 2 is 2.31 bits per heavy atom. The van der Waals surface area contributed by atoms with Crippen molar-refractivity contribution in [3.63, 3.8) is 0 Å². The minimum atomic E-state index is -2.99. The Bertz CT molecular complexity index is 912. The zero-order valence-electron chi connectivity index (χ0n) is 16.2. The number of nitriles is 1. The van der Waals surface area contributed by atoms with Gasteiger partial charge in [-0.3, -0.25) is 0 Å². The quantitative estimate of drug-likeness (QED) is 0.690. The Morgan fingerprint density at radius 1 is 1.48 bits per heavy atom. The Kier molecular flexibility index (Phi) is 6.39. The van der Waals surface area contributed by atoms with Gasteiger partial charge in [0.1, 0.15) is 11.8 Å². The lowest BCUT2D eigenvalue weighted by atomic mass is 10.0. The summed E-state index contributed by atoms with van der Waals surface area (Å²) in [6.07, 6.45) is 3.11. The number of hydrogen-bond acceptors (Lipinski definition) is 6. The molecule has 29 heavy (non-hydrogen) atoms. The number of alkyl halides is 2. The summed E-state index contributed by atoms with van der Waals surface area (Å²) < 4.78 is 33.6. The topological polar surface area (TPSA) is 82.9 Å². The molecule has 1 aliphatic rings. The number of piperidine rings is 1. The average Bonchev–Trinajstić information content (AvgIpc) is 2.70. The van der Waals surface area contributed by atoms with Crippen LogP contribution in [0.3, 0.4) is 0 Å². The van der Waals surface area contributed by atoms with E-state index in [4.69, 9.17) is 4.74 Å². The fraction of sp³-hybridized carbons (Fsp3) is 0.381. The lowest BCUT2D eigenvalue weighted by Crippen LogP contribution is -2.52. The summed E-state index contributed by atoms with van der Waals surface area (Å²) in [4.78, 5) is 8.68. The van der Waals surface area contributed by atoms with Gasteiger partial charge in [-0.2, -0.15) is 5.26 Å². The predicted octanol–water partition coefficient (Wildman–Crippen LogP) is 3.77. The molecule has 8 heteroatoms. The molecule has 0 amide bonds. The van der Waals surface area contributed by atoms with Crippen LogP contribution in [0, 0.1) is 11.3 Å². The first-order chi connectivity index (χ1) is 13.9. The van der Waals surface area contributed by atoms with E-state index in [0.717, 1.165) is 6.42 Å². The van der Waals surface area contributed by atoms with Crippen LogP contribution in [0.25, 0.3) is 11.3 Å². The van der Waals surface area contributed by atoms with E-state index in [1.54, 1.807) is 30.5 Å². The molecular weight excluding hydrogens is 376 g/mol. The maximum Gasteiger partial charge on any atom is 0.296 e. The zero-order chi connectivity index (χ0) is 20.9. The molecule has 0 radical (unpaired) electrons. The minimum Gasteiger partial charge on any atom is -0.483 e. The van der Waals surface area contributed by atoms with E-state index in [9.17, 15) is 14.0 Å². The third-order valence-corrected chi connectivity index (χ3v) is 4.63. The lowest BCUT2D eigenvalue weighted by Gasteiger charge is -2.32. The van der Waals surface area contributed by atoms with Crippen LogP contribution in [-0.2, 0) is 0 Å². The first kappa shape index (κ1) is 20.7. The van der Waals surface area contributed by atoms with E-state index in [1.165, 1.54) is 0 Å². The van der Waals surface area contributed by atoms with E-state index < -0.39 is 18.6 Å². The van der Waals surface area contributed by atoms with E-state index in [2.05, 4.69) is 27.2 Å². The molecule has 2 N–H and O–H groups in total. The summed E-state index contributed by atoms with van der Waals surface area (Å²) >= 11 is 0. The van der Waals surface area contributed by atoms with Gasteiger partial charge < -0.3 is 15.4 Å². The standard InChI is InChI=1S/C21H23F2N5O/c1-3-4-14(2)27-20-26-10-7-17(28-20)15-5-6-18(16(11-15)12-24)29-19-8-9-25-13-21(19,22)23/h3,5-7,10-11,14,19,25H,1,4,8-9,13H2,2H3,(H,26,27,28). The van der Waals surface area contributed by atoms with Crippen LogP contribution < -0.4 is 15.4 Å². The molecule has 152 valence electrons. The van der Waals surface area contributed by atoms with Crippen molar-refractivity contribution in [2.75, 3.05) is 18.4 Å². The molecule has 0 bridgehead atoms. The molecule has 2 atom stereocenters. The van der Waals surface area contributed by atoms with Crippen LogP contribution in [-0.4, -0.2) is 41.1 Å². The van der Waals surface area contributed by atoms with Gasteiger partial charge in [-0.05, 0) is 44.2 Å². The molecule has 1 saturated heterocycles. The summed E-state index contributed by atoms with van der Waals surface area (Å²) in [7, 11) is 0. The summed E-state index contributed by atoms with van der Waals surface area (Å²) in [5, 5.41) is 15.3. The van der Waals surface area contributed by atoms with Crippen molar-refractivity contribution in [3.8, 4) is 23.1 Å². The van der Waals surface area contributed by atoms with Crippen LogP contribution >= 0.6 is 0 Å². The van der Waals surface area contributed by atoms with Crippen molar-refractivity contribution >= 4 is 5.95 Å².